The molecule has 0 saturated carbocycles. The van der Waals surface area contributed by atoms with Crippen LogP contribution in [-0.2, 0) is 0 Å². The molecule has 1 aromatic carbocycles. The third kappa shape index (κ3) is 4.16. The van der Waals surface area contributed by atoms with Crippen LogP contribution in [0.3, 0.4) is 0 Å². The number of carbonyl (C=O) groups is 1. The zero-order valence-electron chi connectivity index (χ0n) is 11.7. The molecule has 0 aromatic heterocycles. The van der Waals surface area contributed by atoms with Gasteiger partial charge in [-0.2, -0.15) is 0 Å². The average molecular weight is 308 g/mol. The van der Waals surface area contributed by atoms with E-state index in [0.29, 0.717) is 31.7 Å². The number of nitrogens with zero attached hydrogens (tertiary/aromatic N) is 2. The van der Waals surface area contributed by atoms with Gasteiger partial charge < -0.3 is 9.94 Å². The number of hydroxylamine groups is 2. The van der Waals surface area contributed by atoms with Gasteiger partial charge in [0.1, 0.15) is 5.75 Å². The number of amidine groups is 1. The molecule has 1 heterocycles. The summed E-state index contributed by atoms with van der Waals surface area (Å²) >= 11 is 0. The summed E-state index contributed by atoms with van der Waals surface area (Å²) in [6.45, 7) is 1.07. The Balaban J connectivity index is 1.83. The van der Waals surface area contributed by atoms with Crippen LogP contribution >= 0.6 is 0 Å². The van der Waals surface area contributed by atoms with Gasteiger partial charge in [-0.05, 0) is 37.1 Å². The van der Waals surface area contributed by atoms with Crippen molar-refractivity contribution >= 4 is 11.8 Å². The molecule has 0 amide bonds. The number of hydrazine groups is 1. The van der Waals surface area contributed by atoms with Gasteiger partial charge in [0.05, 0.1) is 5.56 Å². The highest BCUT2D eigenvalue weighted by Crippen LogP contribution is 2.20. The number of hydrogen-bond acceptors (Lipinski definition) is 6. The monoisotopic (exact) mass is 308 g/mol. The highest BCUT2D eigenvalue weighted by molar-refractivity contribution is 5.87. The molecule has 0 atom stereocenters. The highest BCUT2D eigenvalue weighted by Gasteiger charge is 2.25. The summed E-state index contributed by atoms with van der Waals surface area (Å²) in [7, 11) is 0. The molecule has 0 unspecified atom stereocenters. The second kappa shape index (κ2) is 6.85. The number of hydrogen-bond donors (Lipinski definition) is 3. The molecular formula is C13H16N4O5. The summed E-state index contributed by atoms with van der Waals surface area (Å²) in [4.78, 5) is 26.7. The number of benzene rings is 1. The smallest absolute Gasteiger partial charge is 0.335 e. The van der Waals surface area contributed by atoms with E-state index in [2.05, 4.69) is 0 Å². The molecule has 9 heteroatoms. The van der Waals surface area contributed by atoms with E-state index in [-0.39, 0.29) is 17.3 Å². The minimum atomic E-state index is -0.996. The molecule has 0 radical (unpaired) electrons. The number of nitro groups is 1. The zero-order chi connectivity index (χ0) is 16.1. The number of carboxylic acids is 1. The van der Waals surface area contributed by atoms with Crippen molar-refractivity contribution in [1.82, 2.24) is 10.5 Å². The molecule has 118 valence electrons. The first-order valence-electron chi connectivity index (χ1n) is 6.71. The Morgan fingerprint density at radius 2 is 1.95 bits per heavy atom. The molecule has 1 aromatic rings. The minimum absolute atomic E-state index is 0.0875. The average Bonchev–Trinajstić information content (AvgIpc) is 2.48. The van der Waals surface area contributed by atoms with E-state index < -0.39 is 11.0 Å². The first-order chi connectivity index (χ1) is 10.5. The Hall–Kier alpha value is -2.68. The quantitative estimate of drug-likeness (QED) is 0.322. The number of rotatable bonds is 5. The molecule has 9 nitrogen and oxygen atoms in total. The van der Waals surface area contributed by atoms with Gasteiger partial charge in [0.25, 0.3) is 0 Å². The number of aromatic carboxylic acids is 1. The Morgan fingerprint density at radius 1 is 1.36 bits per heavy atom. The summed E-state index contributed by atoms with van der Waals surface area (Å²) in [5, 5.41) is 27.7. The lowest BCUT2D eigenvalue weighted by atomic mass is 9.97. The molecule has 0 aliphatic carbocycles. The van der Waals surface area contributed by atoms with Gasteiger partial charge >= 0.3 is 5.97 Å². The third-order valence-electron chi connectivity index (χ3n) is 3.41. The first kappa shape index (κ1) is 15.7. The summed E-state index contributed by atoms with van der Waals surface area (Å²) < 4.78 is 0. The van der Waals surface area contributed by atoms with Crippen LogP contribution in [0.4, 0.5) is 0 Å². The van der Waals surface area contributed by atoms with E-state index in [9.17, 15) is 14.9 Å². The summed E-state index contributed by atoms with van der Waals surface area (Å²) in [5.74, 6) is -0.735. The predicted octanol–water partition coefficient (Wildman–Crippen LogP) is 1.15. The zero-order valence-corrected chi connectivity index (χ0v) is 11.7. The van der Waals surface area contributed by atoms with E-state index in [1.807, 2.05) is 5.43 Å². The van der Waals surface area contributed by atoms with Crippen molar-refractivity contribution in [2.45, 2.75) is 12.8 Å². The van der Waals surface area contributed by atoms with Crippen LogP contribution in [-0.4, -0.2) is 40.1 Å². The molecule has 0 bridgehead atoms. The van der Waals surface area contributed by atoms with E-state index in [1.165, 1.54) is 12.1 Å². The minimum Gasteiger partial charge on any atom is -0.478 e. The van der Waals surface area contributed by atoms with Crippen LogP contribution in [0, 0.1) is 21.4 Å². The van der Waals surface area contributed by atoms with E-state index in [4.69, 9.17) is 15.4 Å². The molecule has 1 aliphatic rings. The molecule has 3 N–H and O–H groups in total. The highest BCUT2D eigenvalue weighted by atomic mass is 16.7. The SMILES string of the molecule is N=C(N[N+](=O)[O-])C1CCN(Oc2ccc(C(=O)O)cc2)CC1. The Morgan fingerprint density at radius 3 is 2.45 bits per heavy atom. The molecule has 22 heavy (non-hydrogen) atoms. The Kier molecular flexibility index (Phi) is 4.89. The second-order valence-electron chi connectivity index (χ2n) is 4.91. The van der Waals surface area contributed by atoms with E-state index in [1.54, 1.807) is 17.2 Å². The van der Waals surface area contributed by atoms with E-state index in [0.717, 1.165) is 0 Å². The van der Waals surface area contributed by atoms with Crippen molar-refractivity contribution < 1.29 is 19.8 Å². The van der Waals surface area contributed by atoms with Gasteiger partial charge in [0.2, 0.25) is 0 Å². The Labute approximate surface area is 126 Å². The topological polar surface area (TPSA) is 129 Å². The van der Waals surface area contributed by atoms with Crippen LogP contribution in [0.5, 0.6) is 5.75 Å². The van der Waals surface area contributed by atoms with Crippen LogP contribution in [0.1, 0.15) is 23.2 Å². The molecule has 0 spiro atoms. The Bertz CT molecular complexity index is 566. The fourth-order valence-corrected chi connectivity index (χ4v) is 2.23. The molecule has 1 fully saturated rings. The number of carboxylic acid groups (broad SMARTS) is 1. The maximum Gasteiger partial charge on any atom is 0.335 e. The van der Waals surface area contributed by atoms with Crippen LogP contribution in [0.15, 0.2) is 24.3 Å². The molecule has 1 aliphatic heterocycles. The summed E-state index contributed by atoms with van der Waals surface area (Å²) in [6, 6.07) is 6.07. The van der Waals surface area contributed by atoms with Gasteiger partial charge in [-0.25, -0.2) is 14.9 Å². The van der Waals surface area contributed by atoms with Crippen LogP contribution in [0.25, 0.3) is 0 Å². The first-order valence-corrected chi connectivity index (χ1v) is 6.71. The fourth-order valence-electron chi connectivity index (χ4n) is 2.23. The van der Waals surface area contributed by atoms with Gasteiger partial charge in [-0.3, -0.25) is 5.41 Å². The largest absolute Gasteiger partial charge is 0.478 e. The van der Waals surface area contributed by atoms with E-state index >= 15 is 0 Å². The van der Waals surface area contributed by atoms with Gasteiger partial charge in [-0.1, -0.05) is 5.43 Å². The third-order valence-corrected chi connectivity index (χ3v) is 3.41. The standard InChI is InChI=1S/C13H16N4O5/c14-12(15-17(20)21)9-5-7-16(8-6-9)22-11-3-1-10(2-4-11)13(18)19/h1-4,9H,5-8H2,(H2,14,15)(H,18,19). The van der Waals surface area contributed by atoms with Crippen molar-refractivity contribution in [3.63, 3.8) is 0 Å². The van der Waals surface area contributed by atoms with Gasteiger partial charge in [-0.15, -0.1) is 5.06 Å². The van der Waals surface area contributed by atoms with Gasteiger partial charge in [0, 0.05) is 19.0 Å². The molecular weight excluding hydrogens is 292 g/mol. The fraction of sp³-hybridized carbons (Fsp3) is 0.385. The van der Waals surface area contributed by atoms with Crippen molar-refractivity contribution in [2.75, 3.05) is 13.1 Å². The normalized spacial score (nSPS) is 16.0. The van der Waals surface area contributed by atoms with Crippen molar-refractivity contribution in [1.29, 1.82) is 5.41 Å². The summed E-state index contributed by atoms with van der Waals surface area (Å²) in [5.41, 5.74) is 2.07. The van der Waals surface area contributed by atoms with Gasteiger partial charge in [0.15, 0.2) is 10.9 Å². The van der Waals surface area contributed by atoms with Crippen molar-refractivity contribution in [3.8, 4) is 5.75 Å². The van der Waals surface area contributed by atoms with Crippen LogP contribution in [0.2, 0.25) is 0 Å². The maximum atomic E-state index is 10.8. The van der Waals surface area contributed by atoms with Crippen molar-refractivity contribution in [3.05, 3.63) is 39.9 Å². The predicted molar refractivity (Wildman–Crippen MR) is 76.2 cm³/mol. The van der Waals surface area contributed by atoms with Crippen molar-refractivity contribution in [2.24, 2.45) is 5.92 Å². The number of piperidine rings is 1. The lowest BCUT2D eigenvalue weighted by molar-refractivity contribution is -0.526. The lowest BCUT2D eigenvalue weighted by Crippen LogP contribution is -2.42. The molecule has 1 saturated heterocycles. The molecule has 2 rings (SSSR count). The lowest BCUT2D eigenvalue weighted by Gasteiger charge is -2.30. The number of nitrogens with one attached hydrogen (secondary N) is 2. The summed E-state index contributed by atoms with van der Waals surface area (Å²) in [6.07, 6.45) is 1.15. The maximum absolute atomic E-state index is 10.8. The second-order valence-corrected chi connectivity index (χ2v) is 4.91. The van der Waals surface area contributed by atoms with Crippen LogP contribution < -0.4 is 10.3 Å².